The first-order valence-corrected chi connectivity index (χ1v) is 5.12. The molecule has 0 radical (unpaired) electrons. The van der Waals surface area contributed by atoms with Crippen molar-refractivity contribution >= 4 is 10.8 Å². The maximum Gasteiger partial charge on any atom is 4.00 e. The van der Waals surface area contributed by atoms with Crippen LogP contribution in [-0.2, 0) is 21.7 Å². The molecule has 0 saturated heterocycles. The molecule has 0 spiro atoms. The van der Waals surface area contributed by atoms with Crippen molar-refractivity contribution in [1.82, 2.24) is 0 Å². The minimum atomic E-state index is 0. The van der Waals surface area contributed by atoms with E-state index in [1.54, 1.807) is 0 Å². The van der Waals surface area contributed by atoms with Gasteiger partial charge in [-0.05, 0) is 0 Å². The van der Waals surface area contributed by atoms with Gasteiger partial charge in [-0.3, -0.25) is 6.08 Å². The third-order valence-corrected chi connectivity index (χ3v) is 2.36. The number of rotatable bonds is 0. The molecule has 0 nitrogen and oxygen atoms in total. The van der Waals surface area contributed by atoms with E-state index in [0.29, 0.717) is 0 Å². The van der Waals surface area contributed by atoms with E-state index in [0.717, 1.165) is 0 Å². The molecule has 0 heterocycles. The van der Waals surface area contributed by atoms with Crippen LogP contribution >= 0.6 is 0 Å². The molecule has 0 atom stereocenters. The van der Waals surface area contributed by atoms with Crippen LogP contribution in [0.2, 0.25) is 0 Å². The Hall–Kier alpha value is -0.136. The molecule has 0 bridgehead atoms. The number of fused-ring (bicyclic) bond motifs is 1. The fourth-order valence-corrected chi connectivity index (χ4v) is 1.58. The summed E-state index contributed by atoms with van der Waals surface area (Å²) in [5, 5.41) is 2.66. The molecule has 0 amide bonds. The normalized spacial score (nSPS) is 11.5. The fourth-order valence-electron chi connectivity index (χ4n) is 1.58. The van der Waals surface area contributed by atoms with Gasteiger partial charge in [0.25, 0.3) is 0 Å². The van der Waals surface area contributed by atoms with Crippen molar-refractivity contribution in [2.45, 2.75) is 19.3 Å². The van der Waals surface area contributed by atoms with Crippen LogP contribution in [0.3, 0.4) is 0 Å². The average Bonchev–Trinajstić information content (AvgIpc) is 2.92. The van der Waals surface area contributed by atoms with E-state index in [-0.39, 0.29) is 46.5 Å². The van der Waals surface area contributed by atoms with Crippen LogP contribution < -0.4 is 24.8 Å². The Bertz CT molecular complexity index is 385. The molecule has 17 heavy (non-hydrogen) atoms. The van der Waals surface area contributed by atoms with Crippen molar-refractivity contribution in [2.75, 3.05) is 0 Å². The molecule has 0 N–H and O–H groups in total. The molecule has 1 aliphatic carbocycles. The molecule has 0 fully saturated rings. The van der Waals surface area contributed by atoms with Crippen LogP contribution in [0.4, 0.5) is 0 Å². The Morgan fingerprint density at radius 2 is 1.82 bits per heavy atom. The van der Waals surface area contributed by atoms with Crippen molar-refractivity contribution in [1.29, 1.82) is 0 Å². The number of halogens is 2. The van der Waals surface area contributed by atoms with Crippen LogP contribution in [0.5, 0.6) is 0 Å². The predicted octanol–water partition coefficient (Wildman–Crippen LogP) is -1.91. The summed E-state index contributed by atoms with van der Waals surface area (Å²) in [7, 11) is 0. The molecule has 0 unspecified atom stereocenters. The van der Waals surface area contributed by atoms with Gasteiger partial charge in [0.2, 0.25) is 0 Å². The summed E-state index contributed by atoms with van der Waals surface area (Å²) < 4.78 is 0. The van der Waals surface area contributed by atoms with Crippen molar-refractivity contribution in [3.05, 3.63) is 54.6 Å². The van der Waals surface area contributed by atoms with Gasteiger partial charge in [-0.25, -0.2) is 0 Å². The second-order valence-corrected chi connectivity index (χ2v) is 3.46. The zero-order valence-electron chi connectivity index (χ0n) is 9.50. The standard InChI is InChI=1S/C9H7.C5H7.2ClH.Ti/c1-2-5-9-7-3-6-8(9)4-1;1-2-4-5-3-1;;;/h1-7H;1H,2,4-5H2;2*1H;/q2*-1;;;+4/p-2. The molecule has 3 heteroatoms. The number of allylic oxidation sites excluding steroid dienone is 2. The second-order valence-electron chi connectivity index (χ2n) is 3.46. The van der Waals surface area contributed by atoms with Crippen LogP contribution in [-0.4, -0.2) is 0 Å². The third-order valence-electron chi connectivity index (χ3n) is 2.36. The van der Waals surface area contributed by atoms with Crippen LogP contribution in [0, 0.1) is 6.08 Å². The molecule has 1 aliphatic rings. The van der Waals surface area contributed by atoms with Gasteiger partial charge in [0, 0.05) is 0 Å². The van der Waals surface area contributed by atoms with E-state index in [4.69, 9.17) is 0 Å². The first-order chi connectivity index (χ1) is 6.97. The van der Waals surface area contributed by atoms with E-state index in [2.05, 4.69) is 54.6 Å². The van der Waals surface area contributed by atoms with Gasteiger partial charge in [-0.15, -0.1) is 29.7 Å². The van der Waals surface area contributed by atoms with Crippen LogP contribution in [0.25, 0.3) is 10.8 Å². The molecule has 2 aromatic carbocycles. The first kappa shape index (κ1) is 19.2. The maximum atomic E-state index is 3.10. The summed E-state index contributed by atoms with van der Waals surface area (Å²) in [4.78, 5) is 0. The SMILES string of the molecule is [C-]1=CCCC1.[Cl-].[Cl-].[Ti+4].c1ccc2[cH-]ccc2c1. The molecular formula is C14H14Cl2Ti. The number of benzene rings is 1. The van der Waals surface area contributed by atoms with Crippen molar-refractivity contribution in [2.24, 2.45) is 0 Å². The van der Waals surface area contributed by atoms with E-state index >= 15 is 0 Å². The maximum absolute atomic E-state index is 3.10. The molecule has 3 rings (SSSR count). The molecular weight excluding hydrogens is 287 g/mol. The predicted molar refractivity (Wildman–Crippen MR) is 61.2 cm³/mol. The van der Waals surface area contributed by atoms with E-state index in [9.17, 15) is 0 Å². The van der Waals surface area contributed by atoms with Gasteiger partial charge < -0.3 is 30.9 Å². The topological polar surface area (TPSA) is 0 Å². The summed E-state index contributed by atoms with van der Waals surface area (Å²) in [5.74, 6) is 0. The molecule has 88 valence electrons. The zero-order valence-corrected chi connectivity index (χ0v) is 12.6. The molecule has 0 aromatic heterocycles. The third kappa shape index (κ3) is 6.38. The smallest absolute Gasteiger partial charge is 1.00 e. The minimum absolute atomic E-state index is 0. The van der Waals surface area contributed by atoms with Gasteiger partial charge >= 0.3 is 21.7 Å². The monoisotopic (exact) mass is 300 g/mol. The van der Waals surface area contributed by atoms with Crippen molar-refractivity contribution in [3.8, 4) is 0 Å². The summed E-state index contributed by atoms with van der Waals surface area (Å²) in [6, 6.07) is 14.7. The minimum Gasteiger partial charge on any atom is -1.00 e. The van der Waals surface area contributed by atoms with Gasteiger partial charge in [-0.1, -0.05) is 18.9 Å². The molecule has 0 aliphatic heterocycles. The van der Waals surface area contributed by atoms with E-state index in [1.165, 1.54) is 30.0 Å². The first-order valence-electron chi connectivity index (χ1n) is 5.12. The fraction of sp³-hybridized carbons (Fsp3) is 0.214. The summed E-state index contributed by atoms with van der Waals surface area (Å²) in [5.41, 5.74) is 0. The van der Waals surface area contributed by atoms with E-state index in [1.807, 2.05) is 0 Å². The van der Waals surface area contributed by atoms with E-state index < -0.39 is 0 Å². The van der Waals surface area contributed by atoms with Gasteiger partial charge in [0.1, 0.15) is 0 Å². The van der Waals surface area contributed by atoms with Crippen molar-refractivity contribution in [3.63, 3.8) is 0 Å². The van der Waals surface area contributed by atoms with Crippen molar-refractivity contribution < 1.29 is 46.5 Å². The van der Waals surface area contributed by atoms with Gasteiger partial charge in [0.05, 0.1) is 0 Å². The number of hydrogen-bond donors (Lipinski definition) is 0. The Morgan fingerprint density at radius 1 is 1.06 bits per heavy atom. The largest absolute Gasteiger partial charge is 4.00 e. The van der Waals surface area contributed by atoms with Gasteiger partial charge in [0.15, 0.2) is 0 Å². The molecule has 0 saturated carbocycles. The van der Waals surface area contributed by atoms with Crippen LogP contribution in [0.15, 0.2) is 48.5 Å². The molecule has 2 aromatic rings. The Morgan fingerprint density at radius 3 is 2.35 bits per heavy atom. The Balaban J connectivity index is 0. The zero-order chi connectivity index (χ0) is 9.64. The summed E-state index contributed by atoms with van der Waals surface area (Å²) in [6.45, 7) is 0. The number of hydrogen-bond acceptors (Lipinski definition) is 0. The quantitative estimate of drug-likeness (QED) is 0.394. The van der Waals surface area contributed by atoms with Crippen LogP contribution in [0.1, 0.15) is 19.3 Å². The summed E-state index contributed by atoms with van der Waals surface area (Å²) >= 11 is 0. The summed E-state index contributed by atoms with van der Waals surface area (Å²) in [6.07, 6.45) is 9.00. The average molecular weight is 301 g/mol. The second kappa shape index (κ2) is 11.0. The Kier molecular flexibility index (Phi) is 12.4. The Labute approximate surface area is 131 Å². The van der Waals surface area contributed by atoms with Gasteiger partial charge in [-0.2, -0.15) is 23.9 Å².